The Morgan fingerprint density at radius 1 is 1.03 bits per heavy atom. The SMILES string of the molecule is Cc1cc(C2=NC(C)(c3ccccc3)N(C)c3c(F)cccc32)cnc1C(F)F. The van der Waals surface area contributed by atoms with Crippen LogP contribution in [0.3, 0.4) is 0 Å². The van der Waals surface area contributed by atoms with Crippen molar-refractivity contribution in [2.45, 2.75) is 25.9 Å². The highest BCUT2D eigenvalue weighted by atomic mass is 19.3. The number of benzene rings is 2. The lowest BCUT2D eigenvalue weighted by Gasteiger charge is -2.42. The summed E-state index contributed by atoms with van der Waals surface area (Å²) in [6, 6.07) is 16.1. The topological polar surface area (TPSA) is 28.5 Å². The molecule has 29 heavy (non-hydrogen) atoms. The Morgan fingerprint density at radius 2 is 1.76 bits per heavy atom. The van der Waals surface area contributed by atoms with Gasteiger partial charge in [-0.05, 0) is 37.1 Å². The highest BCUT2D eigenvalue weighted by Gasteiger charge is 2.39. The van der Waals surface area contributed by atoms with Gasteiger partial charge in [0.05, 0.1) is 11.4 Å². The molecule has 0 bridgehead atoms. The molecule has 1 aromatic heterocycles. The van der Waals surface area contributed by atoms with Gasteiger partial charge in [0.15, 0.2) is 5.66 Å². The summed E-state index contributed by atoms with van der Waals surface area (Å²) in [4.78, 5) is 10.7. The van der Waals surface area contributed by atoms with E-state index in [2.05, 4.69) is 4.98 Å². The molecule has 2 aromatic carbocycles. The van der Waals surface area contributed by atoms with Crippen LogP contribution >= 0.6 is 0 Å². The minimum Gasteiger partial charge on any atom is -0.344 e. The molecule has 0 spiro atoms. The Labute approximate surface area is 167 Å². The lowest BCUT2D eigenvalue weighted by atomic mass is 9.91. The number of halogens is 3. The van der Waals surface area contributed by atoms with Crippen molar-refractivity contribution in [2.75, 3.05) is 11.9 Å². The molecular formula is C23H20F3N3. The molecule has 2 heterocycles. The van der Waals surface area contributed by atoms with Crippen LogP contribution in [0.5, 0.6) is 0 Å². The molecule has 148 valence electrons. The fraction of sp³-hybridized carbons (Fsp3) is 0.217. The first-order chi connectivity index (χ1) is 13.8. The van der Waals surface area contributed by atoms with Gasteiger partial charge in [-0.3, -0.25) is 9.98 Å². The molecule has 0 fully saturated rings. The Hall–Kier alpha value is -3.15. The molecule has 1 aliphatic rings. The van der Waals surface area contributed by atoms with Crippen molar-refractivity contribution in [2.24, 2.45) is 4.99 Å². The molecule has 4 rings (SSSR count). The molecular weight excluding hydrogens is 375 g/mol. The third kappa shape index (κ3) is 3.09. The van der Waals surface area contributed by atoms with Crippen molar-refractivity contribution in [1.82, 2.24) is 4.98 Å². The van der Waals surface area contributed by atoms with Gasteiger partial charge in [-0.1, -0.05) is 42.5 Å². The summed E-state index contributed by atoms with van der Waals surface area (Å²) in [6.45, 7) is 3.50. The van der Waals surface area contributed by atoms with Crippen LogP contribution in [0.2, 0.25) is 0 Å². The van der Waals surface area contributed by atoms with Gasteiger partial charge in [-0.2, -0.15) is 0 Å². The maximum Gasteiger partial charge on any atom is 0.280 e. The zero-order valence-corrected chi connectivity index (χ0v) is 16.3. The molecule has 3 nitrogen and oxygen atoms in total. The number of fused-ring (bicyclic) bond motifs is 1. The smallest absolute Gasteiger partial charge is 0.280 e. The lowest BCUT2D eigenvalue weighted by Crippen LogP contribution is -2.44. The standard InChI is InChI=1S/C23H20F3N3/c1-14-12-15(13-27-19(14)22(25)26)20-17-10-7-11-18(24)21(17)29(3)23(2,28-20)16-8-5-4-6-9-16/h4-13,22H,1-3H3. The molecule has 0 radical (unpaired) electrons. The number of aryl methyl sites for hydroxylation is 1. The first kappa shape index (κ1) is 19.2. The molecule has 0 aliphatic carbocycles. The van der Waals surface area contributed by atoms with E-state index in [1.807, 2.05) is 42.2 Å². The van der Waals surface area contributed by atoms with Gasteiger partial charge in [-0.15, -0.1) is 0 Å². The van der Waals surface area contributed by atoms with E-state index in [4.69, 9.17) is 4.99 Å². The number of alkyl halides is 2. The van der Waals surface area contributed by atoms with Gasteiger partial charge in [0.2, 0.25) is 0 Å². The summed E-state index contributed by atoms with van der Waals surface area (Å²) in [5.41, 5.74) is 2.26. The minimum absolute atomic E-state index is 0.257. The van der Waals surface area contributed by atoms with Crippen molar-refractivity contribution in [3.8, 4) is 0 Å². The normalized spacial score (nSPS) is 18.6. The molecule has 6 heteroatoms. The van der Waals surface area contributed by atoms with Gasteiger partial charge in [0.25, 0.3) is 6.43 Å². The third-order valence-electron chi connectivity index (χ3n) is 5.48. The van der Waals surface area contributed by atoms with Crippen LogP contribution in [0.1, 0.15) is 41.3 Å². The van der Waals surface area contributed by atoms with Gasteiger partial charge >= 0.3 is 0 Å². The van der Waals surface area contributed by atoms with E-state index in [0.29, 0.717) is 28.1 Å². The second-order valence-electron chi connectivity index (χ2n) is 7.27. The van der Waals surface area contributed by atoms with Crippen molar-refractivity contribution < 1.29 is 13.2 Å². The summed E-state index contributed by atoms with van der Waals surface area (Å²) < 4.78 is 41.2. The zero-order chi connectivity index (χ0) is 20.8. The van der Waals surface area contributed by atoms with Crippen molar-refractivity contribution in [1.29, 1.82) is 0 Å². The molecule has 0 N–H and O–H groups in total. The maximum absolute atomic E-state index is 14.9. The first-order valence-electron chi connectivity index (χ1n) is 9.26. The monoisotopic (exact) mass is 395 g/mol. The Morgan fingerprint density at radius 3 is 2.41 bits per heavy atom. The number of hydrogen-bond donors (Lipinski definition) is 0. The summed E-state index contributed by atoms with van der Waals surface area (Å²) in [7, 11) is 1.80. The third-order valence-corrected chi connectivity index (χ3v) is 5.48. The average Bonchev–Trinajstić information content (AvgIpc) is 2.71. The van der Waals surface area contributed by atoms with Crippen LogP contribution in [0.15, 0.2) is 65.8 Å². The molecule has 1 aliphatic heterocycles. The number of aromatic nitrogens is 1. The van der Waals surface area contributed by atoms with E-state index in [1.54, 1.807) is 32.2 Å². The van der Waals surface area contributed by atoms with Crippen molar-refractivity contribution in [3.63, 3.8) is 0 Å². The van der Waals surface area contributed by atoms with E-state index in [-0.39, 0.29) is 11.5 Å². The molecule has 0 saturated heterocycles. The number of rotatable bonds is 3. The summed E-state index contributed by atoms with van der Waals surface area (Å²) >= 11 is 0. The van der Waals surface area contributed by atoms with E-state index in [0.717, 1.165) is 5.56 Å². The van der Waals surface area contributed by atoms with Crippen LogP contribution in [0.4, 0.5) is 18.9 Å². The van der Waals surface area contributed by atoms with E-state index >= 15 is 0 Å². The molecule has 0 amide bonds. The van der Waals surface area contributed by atoms with Gasteiger partial charge in [0, 0.05) is 24.4 Å². The summed E-state index contributed by atoms with van der Waals surface area (Å²) in [5.74, 6) is -0.367. The highest BCUT2D eigenvalue weighted by Crippen LogP contribution is 2.42. The number of nitrogens with zero attached hydrogens (tertiary/aromatic N) is 3. The first-order valence-corrected chi connectivity index (χ1v) is 9.26. The Bertz CT molecular complexity index is 1100. The summed E-state index contributed by atoms with van der Waals surface area (Å²) in [6.07, 6.45) is -1.26. The van der Waals surface area contributed by atoms with Crippen LogP contribution < -0.4 is 4.90 Å². The fourth-order valence-electron chi connectivity index (χ4n) is 3.79. The van der Waals surface area contributed by atoms with Crippen molar-refractivity contribution in [3.05, 3.63) is 94.6 Å². The maximum atomic E-state index is 14.9. The molecule has 1 atom stereocenters. The largest absolute Gasteiger partial charge is 0.344 e. The molecule has 0 saturated carbocycles. The number of anilines is 1. The van der Waals surface area contributed by atoms with E-state index in [9.17, 15) is 13.2 Å². The second-order valence-corrected chi connectivity index (χ2v) is 7.27. The number of hydrogen-bond acceptors (Lipinski definition) is 3. The Balaban J connectivity index is 1.97. The number of para-hydroxylation sites is 1. The van der Waals surface area contributed by atoms with Crippen LogP contribution in [-0.2, 0) is 5.66 Å². The highest BCUT2D eigenvalue weighted by molar-refractivity contribution is 6.17. The Kier molecular flexibility index (Phi) is 4.65. The number of pyridine rings is 1. The molecule has 1 unspecified atom stereocenters. The van der Waals surface area contributed by atoms with Crippen LogP contribution in [0.25, 0.3) is 0 Å². The number of aliphatic imine (C=N–C) groups is 1. The quantitative estimate of drug-likeness (QED) is 0.575. The minimum atomic E-state index is -2.65. The zero-order valence-electron chi connectivity index (χ0n) is 16.3. The fourth-order valence-corrected chi connectivity index (χ4v) is 3.79. The summed E-state index contributed by atoms with van der Waals surface area (Å²) in [5, 5.41) is 0. The van der Waals surface area contributed by atoms with Gasteiger partial charge < -0.3 is 4.90 Å². The average molecular weight is 395 g/mol. The van der Waals surface area contributed by atoms with E-state index in [1.165, 1.54) is 12.3 Å². The second kappa shape index (κ2) is 7.03. The van der Waals surface area contributed by atoms with Crippen molar-refractivity contribution >= 4 is 11.4 Å². The predicted octanol–water partition coefficient (Wildman–Crippen LogP) is 5.63. The van der Waals surface area contributed by atoms with Gasteiger partial charge in [-0.25, -0.2) is 13.2 Å². The van der Waals surface area contributed by atoms with Crippen LogP contribution in [-0.4, -0.2) is 17.7 Å². The van der Waals surface area contributed by atoms with E-state index < -0.39 is 12.1 Å². The molecule has 3 aromatic rings. The van der Waals surface area contributed by atoms with Crippen LogP contribution in [0, 0.1) is 12.7 Å². The van der Waals surface area contributed by atoms with Gasteiger partial charge in [0.1, 0.15) is 11.5 Å². The lowest BCUT2D eigenvalue weighted by molar-refractivity contribution is 0.145. The predicted molar refractivity (Wildman–Crippen MR) is 108 cm³/mol.